The first-order valence-corrected chi connectivity index (χ1v) is 7.16. The summed E-state index contributed by atoms with van der Waals surface area (Å²) in [5.41, 5.74) is -0.210. The minimum atomic E-state index is -4.39. The summed E-state index contributed by atoms with van der Waals surface area (Å²) in [6.07, 6.45) is 0. The van der Waals surface area contributed by atoms with Crippen molar-refractivity contribution in [3.63, 3.8) is 0 Å². The number of methoxy groups -OCH3 is 1. The number of hydrogen-bond donors (Lipinski definition) is 2. The summed E-state index contributed by atoms with van der Waals surface area (Å²) in [6.45, 7) is 0. The van der Waals surface area contributed by atoms with E-state index in [9.17, 15) is 22.3 Å². The van der Waals surface area contributed by atoms with Crippen molar-refractivity contribution in [1.82, 2.24) is 0 Å². The van der Waals surface area contributed by atoms with Gasteiger partial charge in [-0.25, -0.2) is 17.2 Å². The number of phenols is 1. The summed E-state index contributed by atoms with van der Waals surface area (Å²) in [6, 6.07) is 5.89. The number of rotatable bonds is 4. The van der Waals surface area contributed by atoms with Gasteiger partial charge in [0.1, 0.15) is 28.0 Å². The first kappa shape index (κ1) is 15.0. The predicted molar refractivity (Wildman–Crippen MR) is 71.8 cm³/mol. The van der Waals surface area contributed by atoms with Crippen LogP contribution in [0, 0.1) is 11.6 Å². The molecule has 21 heavy (non-hydrogen) atoms. The van der Waals surface area contributed by atoms with Crippen LogP contribution in [0.1, 0.15) is 0 Å². The second-order valence-electron chi connectivity index (χ2n) is 4.06. The number of sulfonamides is 1. The zero-order valence-corrected chi connectivity index (χ0v) is 11.6. The second-order valence-corrected chi connectivity index (χ2v) is 5.71. The molecular formula is C13H11F2NO4S. The Bertz CT molecular complexity index is 778. The molecule has 0 aliphatic carbocycles. The van der Waals surface area contributed by atoms with Crippen LogP contribution < -0.4 is 9.46 Å². The minimum Gasteiger partial charge on any atom is -0.506 e. The van der Waals surface area contributed by atoms with Crippen LogP contribution >= 0.6 is 0 Å². The van der Waals surface area contributed by atoms with E-state index in [1.165, 1.54) is 25.3 Å². The molecule has 0 fully saturated rings. The van der Waals surface area contributed by atoms with E-state index >= 15 is 0 Å². The van der Waals surface area contributed by atoms with Crippen LogP contribution in [-0.2, 0) is 10.0 Å². The second kappa shape index (κ2) is 5.57. The normalized spacial score (nSPS) is 11.2. The molecule has 0 heterocycles. The molecule has 0 atom stereocenters. The van der Waals surface area contributed by atoms with Crippen LogP contribution in [0.15, 0.2) is 41.3 Å². The fourth-order valence-electron chi connectivity index (χ4n) is 1.61. The van der Waals surface area contributed by atoms with Gasteiger partial charge >= 0.3 is 0 Å². The van der Waals surface area contributed by atoms with E-state index in [-0.39, 0.29) is 17.2 Å². The van der Waals surface area contributed by atoms with Gasteiger partial charge < -0.3 is 9.84 Å². The van der Waals surface area contributed by atoms with E-state index in [0.29, 0.717) is 12.1 Å². The topological polar surface area (TPSA) is 75.6 Å². The standard InChI is InChI=1S/C13H11F2NO4S/c1-20-9-3-5-12(17)11(7-9)16-21(18,19)13-6-8(14)2-4-10(13)15/h2-7,16-17H,1H3. The highest BCUT2D eigenvalue weighted by Crippen LogP contribution is 2.30. The maximum Gasteiger partial charge on any atom is 0.265 e. The largest absolute Gasteiger partial charge is 0.506 e. The fraction of sp³-hybridized carbons (Fsp3) is 0.0769. The van der Waals surface area contributed by atoms with Crippen LogP contribution in [0.5, 0.6) is 11.5 Å². The van der Waals surface area contributed by atoms with Crippen molar-refractivity contribution in [2.75, 3.05) is 11.8 Å². The monoisotopic (exact) mass is 315 g/mol. The molecule has 0 amide bonds. The highest BCUT2D eigenvalue weighted by atomic mass is 32.2. The Morgan fingerprint density at radius 1 is 1.14 bits per heavy atom. The maximum absolute atomic E-state index is 13.5. The van der Waals surface area contributed by atoms with Crippen molar-refractivity contribution in [3.05, 3.63) is 48.0 Å². The van der Waals surface area contributed by atoms with Gasteiger partial charge in [-0.15, -0.1) is 0 Å². The van der Waals surface area contributed by atoms with Gasteiger partial charge in [0.2, 0.25) is 0 Å². The van der Waals surface area contributed by atoms with E-state index in [1.807, 2.05) is 4.72 Å². The Labute approximate surface area is 119 Å². The molecule has 0 radical (unpaired) electrons. The number of benzene rings is 2. The zero-order chi connectivity index (χ0) is 15.6. The third kappa shape index (κ3) is 3.22. The Kier molecular flexibility index (Phi) is 3.99. The fourth-order valence-corrected chi connectivity index (χ4v) is 2.76. The van der Waals surface area contributed by atoms with E-state index in [4.69, 9.17) is 4.74 Å². The summed E-state index contributed by atoms with van der Waals surface area (Å²) >= 11 is 0. The third-order valence-electron chi connectivity index (χ3n) is 2.63. The van der Waals surface area contributed by atoms with Gasteiger partial charge in [0.25, 0.3) is 10.0 Å². The van der Waals surface area contributed by atoms with Crippen LogP contribution in [0.25, 0.3) is 0 Å². The molecule has 5 nitrogen and oxygen atoms in total. The van der Waals surface area contributed by atoms with Crippen molar-refractivity contribution >= 4 is 15.7 Å². The molecule has 112 valence electrons. The number of hydrogen-bond acceptors (Lipinski definition) is 4. The Morgan fingerprint density at radius 3 is 2.52 bits per heavy atom. The van der Waals surface area contributed by atoms with Crippen molar-refractivity contribution < 1.29 is 27.0 Å². The number of nitrogens with one attached hydrogen (secondary N) is 1. The van der Waals surface area contributed by atoms with E-state index in [2.05, 4.69) is 0 Å². The SMILES string of the molecule is COc1ccc(O)c(NS(=O)(=O)c2cc(F)ccc2F)c1. The number of anilines is 1. The van der Waals surface area contributed by atoms with Crippen LogP contribution in [0.3, 0.4) is 0 Å². The third-order valence-corrected chi connectivity index (χ3v) is 4.01. The lowest BCUT2D eigenvalue weighted by molar-refractivity contribution is 0.413. The van der Waals surface area contributed by atoms with Gasteiger partial charge in [-0.1, -0.05) is 0 Å². The molecule has 0 saturated carbocycles. The molecule has 0 aromatic heterocycles. The van der Waals surface area contributed by atoms with Gasteiger partial charge in [0, 0.05) is 6.07 Å². The molecule has 0 aliphatic heterocycles. The predicted octanol–water partition coefficient (Wildman–Crippen LogP) is 2.48. The van der Waals surface area contributed by atoms with E-state index in [1.54, 1.807) is 0 Å². The van der Waals surface area contributed by atoms with Crippen molar-refractivity contribution in [2.45, 2.75) is 4.90 Å². The number of phenolic OH excluding ortho intramolecular Hbond substituents is 1. The first-order chi connectivity index (χ1) is 9.83. The lowest BCUT2D eigenvalue weighted by atomic mass is 10.3. The van der Waals surface area contributed by atoms with Gasteiger partial charge in [-0.2, -0.15) is 0 Å². The Morgan fingerprint density at radius 2 is 1.86 bits per heavy atom. The summed E-state index contributed by atoms with van der Waals surface area (Å²) in [4.78, 5) is -0.857. The van der Waals surface area contributed by atoms with Gasteiger partial charge in [0.15, 0.2) is 0 Å². The van der Waals surface area contributed by atoms with Crippen LogP contribution in [-0.4, -0.2) is 20.6 Å². The molecule has 0 unspecified atom stereocenters. The smallest absolute Gasteiger partial charge is 0.265 e. The lowest BCUT2D eigenvalue weighted by Gasteiger charge is -2.11. The minimum absolute atomic E-state index is 0.210. The molecular weight excluding hydrogens is 304 g/mol. The molecule has 0 bridgehead atoms. The van der Waals surface area contributed by atoms with Crippen molar-refractivity contribution in [2.24, 2.45) is 0 Å². The number of aromatic hydroxyl groups is 1. The molecule has 2 aromatic rings. The quantitative estimate of drug-likeness (QED) is 0.850. The van der Waals surface area contributed by atoms with Gasteiger partial charge in [-0.05, 0) is 30.3 Å². The molecule has 0 saturated heterocycles. The summed E-state index contributed by atoms with van der Waals surface area (Å²) in [7, 11) is -3.04. The zero-order valence-electron chi connectivity index (χ0n) is 10.8. The highest BCUT2D eigenvalue weighted by molar-refractivity contribution is 7.92. The maximum atomic E-state index is 13.5. The molecule has 2 rings (SSSR count). The summed E-state index contributed by atoms with van der Waals surface area (Å²) in [5, 5.41) is 9.61. The Hall–Kier alpha value is -2.35. The summed E-state index contributed by atoms with van der Waals surface area (Å²) < 4.78 is 57.6. The number of halogens is 2. The van der Waals surface area contributed by atoms with Gasteiger partial charge in [-0.3, -0.25) is 4.72 Å². The van der Waals surface area contributed by atoms with Crippen LogP contribution in [0.4, 0.5) is 14.5 Å². The average molecular weight is 315 g/mol. The first-order valence-electron chi connectivity index (χ1n) is 5.68. The Balaban J connectivity index is 2.44. The average Bonchev–Trinajstić information content (AvgIpc) is 2.43. The van der Waals surface area contributed by atoms with Crippen molar-refractivity contribution in [3.8, 4) is 11.5 Å². The molecule has 0 spiro atoms. The lowest BCUT2D eigenvalue weighted by Crippen LogP contribution is -2.15. The molecule has 2 aromatic carbocycles. The van der Waals surface area contributed by atoms with E-state index in [0.717, 1.165) is 6.07 Å². The molecule has 2 N–H and O–H groups in total. The van der Waals surface area contributed by atoms with E-state index < -0.39 is 26.6 Å². The summed E-state index contributed by atoms with van der Waals surface area (Å²) in [5.74, 6) is -2.10. The number of ether oxygens (including phenoxy) is 1. The molecule has 8 heteroatoms. The molecule has 0 aliphatic rings. The van der Waals surface area contributed by atoms with Crippen LogP contribution in [0.2, 0.25) is 0 Å². The van der Waals surface area contributed by atoms with Gasteiger partial charge in [0.05, 0.1) is 12.8 Å². The van der Waals surface area contributed by atoms with Crippen molar-refractivity contribution in [1.29, 1.82) is 0 Å². The highest BCUT2D eigenvalue weighted by Gasteiger charge is 2.21.